The number of aromatic nitrogens is 11. The number of rotatable bonds is 27. The normalized spacial score (nSPS) is 12.0. The zero-order valence-corrected chi connectivity index (χ0v) is 78.7. The Balaban J connectivity index is 0.000000325. The molecule has 0 aliphatic carbocycles. The number of sulfone groups is 1. The number of ether oxygens (including phenoxy) is 6. The fraction of sp³-hybridized carbons (Fsp3) is 0.341. The molecular weight excluding hydrogens is 1760 g/mol. The molecule has 0 bridgehead atoms. The fourth-order valence-corrected chi connectivity index (χ4v) is 12.8. The van der Waals surface area contributed by atoms with Crippen LogP contribution in [0.15, 0.2) is 169 Å². The molecule has 0 N–H and O–H groups in total. The molecule has 1 saturated heterocycles. The van der Waals surface area contributed by atoms with E-state index in [4.69, 9.17) is 65.8 Å². The Morgan fingerprint density at radius 3 is 1.16 bits per heavy atom. The number of Topliss-reactive ketones (excluding diaryl/α,β-unsaturated/α-hetero) is 3. The van der Waals surface area contributed by atoms with Gasteiger partial charge in [0.15, 0.2) is 67.3 Å². The quantitative estimate of drug-likeness (QED) is 0.00878. The van der Waals surface area contributed by atoms with Crippen molar-refractivity contribution in [3.05, 3.63) is 222 Å². The van der Waals surface area contributed by atoms with E-state index in [1.165, 1.54) is 105 Å². The van der Waals surface area contributed by atoms with Gasteiger partial charge in [-0.15, -0.1) is 0 Å². The molecule has 0 unspecified atom stereocenters. The Bertz CT molecular complexity index is 5530. The summed E-state index contributed by atoms with van der Waals surface area (Å²) in [6.45, 7) is 19.3. The first-order valence-corrected chi connectivity index (χ1v) is 42.8. The van der Waals surface area contributed by atoms with Gasteiger partial charge in [0, 0.05) is 92.6 Å². The minimum Gasteiger partial charge on any atom is -1.00 e. The second-order valence-corrected chi connectivity index (χ2v) is 31.1. The van der Waals surface area contributed by atoms with Crippen LogP contribution in [0.3, 0.4) is 0 Å². The Kier molecular flexibility index (Phi) is 42.4. The monoisotopic (exact) mass is 1850 g/mol. The Hall–Kier alpha value is -9.12. The number of ketones is 3. The summed E-state index contributed by atoms with van der Waals surface area (Å²) < 4.78 is 72.7. The van der Waals surface area contributed by atoms with Crippen molar-refractivity contribution < 1.29 is 87.1 Å². The van der Waals surface area contributed by atoms with E-state index < -0.39 is 33.3 Å². The van der Waals surface area contributed by atoms with Gasteiger partial charge in [0.2, 0.25) is 15.0 Å². The van der Waals surface area contributed by atoms with E-state index in [1.54, 1.807) is 133 Å². The van der Waals surface area contributed by atoms with Crippen LogP contribution in [0, 0.1) is 6.92 Å². The van der Waals surface area contributed by atoms with E-state index >= 15 is 0 Å². The molecule has 39 heteroatoms. The van der Waals surface area contributed by atoms with Crippen LogP contribution in [0.1, 0.15) is 133 Å². The molecular formula is C82H96BBrCl2MgN12O18S4. The second kappa shape index (κ2) is 49.2. The average molecular weight is 1850 g/mol. The smallest absolute Gasteiger partial charge is 1.00 e. The van der Waals surface area contributed by atoms with Gasteiger partial charge in [-0.05, 0) is 129 Å². The van der Waals surface area contributed by atoms with Crippen molar-refractivity contribution in [2.45, 2.75) is 126 Å². The van der Waals surface area contributed by atoms with Crippen molar-refractivity contribution in [1.82, 2.24) is 58.6 Å². The molecule has 30 nitrogen and oxygen atoms in total. The third kappa shape index (κ3) is 29.3. The maximum atomic E-state index is 12.5. The number of thioether (sulfide) groups is 3. The van der Waals surface area contributed by atoms with Crippen LogP contribution < -0.4 is 67.5 Å². The summed E-state index contributed by atoms with van der Waals surface area (Å²) in [6.07, 6.45) is 12.5. The van der Waals surface area contributed by atoms with Crippen LogP contribution in [0.5, 0.6) is 34.5 Å². The zero-order valence-electron chi connectivity index (χ0n) is 70.9. The number of methoxy groups -OCH3 is 6. The zero-order chi connectivity index (χ0) is 88.2. The van der Waals surface area contributed by atoms with Crippen molar-refractivity contribution in [3.8, 4) is 57.0 Å². The number of pyridine rings is 3. The van der Waals surface area contributed by atoms with Crippen molar-refractivity contribution in [1.29, 1.82) is 0 Å². The molecule has 0 spiro atoms. The summed E-state index contributed by atoms with van der Waals surface area (Å²) >= 11 is 15.5. The Morgan fingerprint density at radius 2 is 0.802 bits per heavy atom. The number of hydrogen-bond donors (Lipinski definition) is 0. The molecule has 121 heavy (non-hydrogen) atoms. The predicted molar refractivity (Wildman–Crippen MR) is 468 cm³/mol. The topological polar surface area (TPSA) is 358 Å². The molecule has 7 aromatic heterocycles. The van der Waals surface area contributed by atoms with Gasteiger partial charge >= 0.3 is 30.2 Å². The van der Waals surface area contributed by atoms with Crippen LogP contribution in [0.4, 0.5) is 0 Å². The molecule has 1 aliphatic rings. The van der Waals surface area contributed by atoms with Crippen molar-refractivity contribution in [3.63, 3.8) is 0 Å². The molecule has 0 atom stereocenters. The summed E-state index contributed by atoms with van der Waals surface area (Å²) in [5, 5.41) is 2.69. The minimum absolute atomic E-state index is 0. The number of nitrogens with zero attached hydrogens (tertiary/aromatic N) is 12. The van der Waals surface area contributed by atoms with Gasteiger partial charge in [-0.1, -0.05) is 104 Å². The molecule has 0 saturated carbocycles. The Morgan fingerprint density at radius 1 is 0.471 bits per heavy atom. The van der Waals surface area contributed by atoms with Gasteiger partial charge in [-0.3, -0.25) is 38.4 Å². The van der Waals surface area contributed by atoms with Crippen LogP contribution in [-0.4, -0.2) is 214 Å². The van der Waals surface area contributed by atoms with Crippen LogP contribution in [-0.2, 0) is 43.6 Å². The first kappa shape index (κ1) is 104. The fourth-order valence-electron chi connectivity index (χ4n) is 10.6. The molecule has 1 amide bonds. The molecule has 8 heterocycles. The van der Waals surface area contributed by atoms with Crippen molar-refractivity contribution >= 4 is 127 Å². The summed E-state index contributed by atoms with van der Waals surface area (Å²) in [7, 11) is 8.04. The van der Waals surface area contributed by atoms with E-state index in [-0.39, 0.29) is 115 Å². The van der Waals surface area contributed by atoms with Gasteiger partial charge < -0.3 is 75.3 Å². The molecule has 1 aliphatic heterocycles. The first-order chi connectivity index (χ1) is 56.5. The van der Waals surface area contributed by atoms with Gasteiger partial charge in [0.1, 0.15) is 33.1 Å². The number of hydroxylamine groups is 2. The minimum atomic E-state index is -3.75. The largest absolute Gasteiger partial charge is 2.00 e. The Labute approximate surface area is 753 Å². The summed E-state index contributed by atoms with van der Waals surface area (Å²) in [5.41, 5.74) is 5.12. The van der Waals surface area contributed by atoms with E-state index in [0.29, 0.717) is 104 Å². The number of carbonyl (C=O) groups excluding carboxylic acids is 4. The number of amides is 1. The molecule has 3 aromatic carbocycles. The number of benzene rings is 3. The maximum absolute atomic E-state index is 12.5. The third-order valence-corrected chi connectivity index (χ3v) is 20.6. The van der Waals surface area contributed by atoms with Crippen LogP contribution >= 0.6 is 58.5 Å². The van der Waals surface area contributed by atoms with Gasteiger partial charge in [0.25, 0.3) is 22.6 Å². The number of halogens is 3. The summed E-state index contributed by atoms with van der Waals surface area (Å²) in [6, 6.07) is 31.9. The van der Waals surface area contributed by atoms with Gasteiger partial charge in [-0.2, -0.15) is 6.92 Å². The number of hydrogen-bond acceptors (Lipinski definition) is 29. The van der Waals surface area contributed by atoms with Crippen LogP contribution in [0.25, 0.3) is 22.5 Å². The van der Waals surface area contributed by atoms with E-state index in [9.17, 15) is 42.0 Å². The van der Waals surface area contributed by atoms with E-state index in [2.05, 4.69) is 46.8 Å². The molecule has 642 valence electrons. The summed E-state index contributed by atoms with van der Waals surface area (Å²) in [4.78, 5) is 122. The second-order valence-electron chi connectivity index (χ2n) is 26.1. The number of carbonyl (C=O) groups is 4. The SMILES string of the molecule is CCC(=O)c1cc(-c2ccc(=O)n(Cc3ccc(OC)c(OC)c3)c2)nc(S(C)(=O)=O)n1.CCC(=O)c1cc(-c2ccc(=O)n(Cc3ccc(OC)c(OC)c3)c2)nc(SC)n1.CCC(=O)c1cc(Cl)nc(SC)n1.CON(C)C(=O)c1cc(Cl)nc(SC)n1.COc1ccc(Cn2cc(B3OC(C)(C)C(C)(C)O3)ccc2=O)cc1OC.[Br-].[CH2-]C.[Mg+2]. The van der Waals surface area contributed by atoms with E-state index in [0.717, 1.165) is 39.0 Å². The van der Waals surface area contributed by atoms with Crippen molar-refractivity contribution in [2.24, 2.45) is 0 Å². The maximum Gasteiger partial charge on any atom is 2.00 e. The van der Waals surface area contributed by atoms with Crippen LogP contribution in [0.2, 0.25) is 10.3 Å². The molecule has 10 aromatic rings. The molecule has 11 rings (SSSR count). The van der Waals surface area contributed by atoms with Crippen molar-refractivity contribution in [2.75, 3.05) is 81.8 Å². The van der Waals surface area contributed by atoms with Gasteiger partial charge in [-0.25, -0.2) is 53.4 Å². The predicted octanol–water partition coefficient (Wildman–Crippen LogP) is 9.66. The third-order valence-electron chi connectivity index (χ3n) is 17.7. The molecule has 1 fully saturated rings. The summed E-state index contributed by atoms with van der Waals surface area (Å²) in [5.74, 6) is 2.87. The molecule has 0 radical (unpaired) electrons. The standard InChI is InChI=1S/C22H23N3O6S.C22H23N3O4S.C20H26BNO5.C8H10ClN3O2S.C8H9ClN2OS.C2H5.BrH.Mg/c1-5-18(26)17-11-16(23-22(24-17)32(4,28)29)15-7-9-21(27)25(13-15)12-14-6-8-19(30-2)20(10-14)31-3;1-5-18(26)17-11-16(23-22(24-17)30-4)15-7-9-21(27)25(13-15)12-14-6-8-19(28-2)20(10-14)29-3;1-19(2)20(3,4)27-21(26-19)15-8-10-18(23)22(13-15)12-14-7-9-16(24-5)17(11-14)25-6;1-12(14-2)7(13)5-4-6(9)11-8(10-5)15-3;1-3-6(12)5-4-7(9)11-8(10-5)13-2;1-2;;/h6-11,13H,5,12H2,1-4H3;6-11,13H,5,12H2,1-4H3;7-11,13H,12H2,1-6H3;4H,1-3H3;4H,3H2,1-2H3;1H2,2H3;1H;/q;;;;;-1;;+2/p-1. The average Bonchev–Trinajstić information content (AvgIpc) is 1.63. The van der Waals surface area contributed by atoms with Gasteiger partial charge in [0.05, 0.1) is 92.0 Å². The first-order valence-electron chi connectivity index (χ1n) is 36.5. The van der Waals surface area contributed by atoms with E-state index in [1.807, 2.05) is 76.6 Å².